The van der Waals surface area contributed by atoms with Gasteiger partial charge >= 0.3 is 5.97 Å². The highest BCUT2D eigenvalue weighted by molar-refractivity contribution is 5.92. The van der Waals surface area contributed by atoms with Crippen LogP contribution in [0.25, 0.3) is 0 Å². The Balaban J connectivity index is 1.83. The first-order valence-electron chi connectivity index (χ1n) is 8.73. The molecule has 2 amide bonds. The van der Waals surface area contributed by atoms with Crippen molar-refractivity contribution >= 4 is 17.8 Å². The first-order valence-corrected chi connectivity index (χ1v) is 8.73. The second kappa shape index (κ2) is 9.52. The van der Waals surface area contributed by atoms with Crippen LogP contribution in [0, 0.1) is 6.92 Å². The minimum atomic E-state index is -0.901. The maximum Gasteiger partial charge on any atom is 0.338 e. The van der Waals surface area contributed by atoms with Gasteiger partial charge in [0.15, 0.2) is 6.10 Å². The summed E-state index contributed by atoms with van der Waals surface area (Å²) in [7, 11) is 0. The van der Waals surface area contributed by atoms with Crippen LogP contribution < -0.4 is 10.6 Å². The number of hydrogen-bond acceptors (Lipinski definition) is 4. The van der Waals surface area contributed by atoms with Gasteiger partial charge in [-0.2, -0.15) is 0 Å². The minimum absolute atomic E-state index is 0.121. The molecule has 27 heavy (non-hydrogen) atoms. The lowest BCUT2D eigenvalue weighted by Gasteiger charge is -2.14. The van der Waals surface area contributed by atoms with Crippen LogP contribution in [-0.2, 0) is 27.4 Å². The number of ether oxygens (including phenoxy) is 1. The highest BCUT2D eigenvalue weighted by Crippen LogP contribution is 2.08. The lowest BCUT2D eigenvalue weighted by molar-refractivity contribution is -0.129. The van der Waals surface area contributed by atoms with Gasteiger partial charge in [-0.3, -0.25) is 9.59 Å². The Bertz CT molecular complexity index is 798. The molecule has 0 aliphatic carbocycles. The van der Waals surface area contributed by atoms with Crippen molar-refractivity contribution in [3.8, 4) is 0 Å². The summed E-state index contributed by atoms with van der Waals surface area (Å²) in [5.74, 6) is -1.05. The highest BCUT2D eigenvalue weighted by atomic mass is 16.5. The van der Waals surface area contributed by atoms with Gasteiger partial charge in [-0.15, -0.1) is 0 Å². The summed E-state index contributed by atoms with van der Waals surface area (Å²) in [5.41, 5.74) is 3.34. The van der Waals surface area contributed by atoms with Crippen molar-refractivity contribution in [2.24, 2.45) is 0 Å². The van der Waals surface area contributed by atoms with Crippen molar-refractivity contribution in [1.29, 1.82) is 0 Å². The van der Waals surface area contributed by atoms with Crippen LogP contribution in [0.5, 0.6) is 0 Å². The number of amides is 2. The molecule has 2 aromatic carbocycles. The zero-order valence-corrected chi connectivity index (χ0v) is 15.7. The minimum Gasteiger partial charge on any atom is -0.449 e. The van der Waals surface area contributed by atoms with Crippen LogP contribution in [0.1, 0.15) is 40.9 Å². The van der Waals surface area contributed by atoms with Gasteiger partial charge in [0, 0.05) is 20.0 Å². The number of esters is 1. The van der Waals surface area contributed by atoms with Crippen LogP contribution in [-0.4, -0.2) is 23.9 Å². The molecule has 0 aliphatic heterocycles. The average molecular weight is 368 g/mol. The number of nitrogens with one attached hydrogen (secondary N) is 2. The predicted molar refractivity (Wildman–Crippen MR) is 102 cm³/mol. The van der Waals surface area contributed by atoms with E-state index in [9.17, 15) is 14.4 Å². The second-order valence-corrected chi connectivity index (χ2v) is 6.36. The van der Waals surface area contributed by atoms with Crippen LogP contribution in [0.4, 0.5) is 0 Å². The van der Waals surface area contributed by atoms with Crippen molar-refractivity contribution < 1.29 is 19.1 Å². The first kappa shape index (κ1) is 20.2. The van der Waals surface area contributed by atoms with Gasteiger partial charge in [0.2, 0.25) is 5.91 Å². The van der Waals surface area contributed by atoms with E-state index in [0.717, 1.165) is 16.7 Å². The van der Waals surface area contributed by atoms with E-state index in [1.807, 2.05) is 31.2 Å². The zero-order chi connectivity index (χ0) is 19.8. The monoisotopic (exact) mass is 368 g/mol. The Hall–Kier alpha value is -3.15. The number of carbonyl (C=O) groups is 3. The number of aryl methyl sites for hydroxylation is 1. The molecule has 142 valence electrons. The smallest absolute Gasteiger partial charge is 0.338 e. The molecule has 0 fully saturated rings. The molecule has 1 unspecified atom stereocenters. The van der Waals surface area contributed by atoms with E-state index < -0.39 is 12.1 Å². The molecule has 0 aromatic heterocycles. The third-order valence-electron chi connectivity index (χ3n) is 3.97. The number of rotatable bonds is 7. The molecule has 2 aromatic rings. The van der Waals surface area contributed by atoms with Crippen LogP contribution >= 0.6 is 0 Å². The Kier molecular flexibility index (Phi) is 7.11. The van der Waals surface area contributed by atoms with E-state index in [4.69, 9.17) is 4.74 Å². The Labute approximate surface area is 158 Å². The Morgan fingerprint density at radius 2 is 1.41 bits per heavy atom. The SMILES string of the molecule is CC(=O)NCc1ccc(C(=O)OC(C)C(=O)NCc2ccc(C)cc2)cc1. The molecular formula is C21H24N2O4. The average Bonchev–Trinajstić information content (AvgIpc) is 2.65. The van der Waals surface area contributed by atoms with E-state index in [0.29, 0.717) is 18.7 Å². The highest BCUT2D eigenvalue weighted by Gasteiger charge is 2.18. The molecule has 0 spiro atoms. The zero-order valence-electron chi connectivity index (χ0n) is 15.7. The first-order chi connectivity index (χ1) is 12.8. The molecule has 0 bridgehead atoms. The van der Waals surface area contributed by atoms with Crippen molar-refractivity contribution in [2.45, 2.75) is 40.0 Å². The van der Waals surface area contributed by atoms with Crippen molar-refractivity contribution in [3.05, 3.63) is 70.8 Å². The summed E-state index contributed by atoms with van der Waals surface area (Å²) in [6.45, 7) is 5.74. The summed E-state index contributed by atoms with van der Waals surface area (Å²) in [6, 6.07) is 14.5. The van der Waals surface area contributed by atoms with Gasteiger partial charge in [-0.25, -0.2) is 4.79 Å². The summed E-state index contributed by atoms with van der Waals surface area (Å²) in [6.07, 6.45) is -0.901. The van der Waals surface area contributed by atoms with Gasteiger partial charge in [0.05, 0.1) is 5.56 Å². The van der Waals surface area contributed by atoms with E-state index in [2.05, 4.69) is 10.6 Å². The lowest BCUT2D eigenvalue weighted by atomic mass is 10.1. The van der Waals surface area contributed by atoms with E-state index in [1.165, 1.54) is 13.8 Å². The third-order valence-corrected chi connectivity index (χ3v) is 3.97. The van der Waals surface area contributed by atoms with Crippen LogP contribution in [0.3, 0.4) is 0 Å². The van der Waals surface area contributed by atoms with E-state index in [1.54, 1.807) is 24.3 Å². The summed E-state index contributed by atoms with van der Waals surface area (Å²) >= 11 is 0. The molecule has 6 heteroatoms. The molecule has 2 rings (SSSR count). The molecule has 1 atom stereocenters. The summed E-state index contributed by atoms with van der Waals surface area (Å²) in [4.78, 5) is 35.2. The number of benzene rings is 2. The molecule has 0 saturated carbocycles. The van der Waals surface area contributed by atoms with Crippen molar-refractivity contribution in [1.82, 2.24) is 10.6 Å². The maximum absolute atomic E-state index is 12.2. The summed E-state index contributed by atoms with van der Waals surface area (Å²) in [5, 5.41) is 5.44. The topological polar surface area (TPSA) is 84.5 Å². The molecule has 0 heterocycles. The molecular weight excluding hydrogens is 344 g/mol. The maximum atomic E-state index is 12.2. The van der Waals surface area contributed by atoms with Crippen molar-refractivity contribution in [3.63, 3.8) is 0 Å². The Morgan fingerprint density at radius 3 is 1.96 bits per heavy atom. The van der Waals surface area contributed by atoms with E-state index in [-0.39, 0.29) is 11.8 Å². The fourth-order valence-electron chi connectivity index (χ4n) is 2.31. The predicted octanol–water partition coefficient (Wildman–Crippen LogP) is 2.49. The fourth-order valence-corrected chi connectivity index (χ4v) is 2.31. The van der Waals surface area contributed by atoms with Crippen LogP contribution in [0.2, 0.25) is 0 Å². The van der Waals surface area contributed by atoms with Crippen LogP contribution in [0.15, 0.2) is 48.5 Å². The molecule has 2 N–H and O–H groups in total. The quantitative estimate of drug-likeness (QED) is 0.736. The third kappa shape index (κ3) is 6.58. The molecule has 0 saturated heterocycles. The lowest BCUT2D eigenvalue weighted by Crippen LogP contribution is -2.35. The van der Waals surface area contributed by atoms with Crippen molar-refractivity contribution in [2.75, 3.05) is 0 Å². The Morgan fingerprint density at radius 1 is 0.889 bits per heavy atom. The molecule has 0 aliphatic rings. The largest absolute Gasteiger partial charge is 0.449 e. The van der Waals surface area contributed by atoms with Gasteiger partial charge in [-0.05, 0) is 37.1 Å². The van der Waals surface area contributed by atoms with E-state index >= 15 is 0 Å². The second-order valence-electron chi connectivity index (χ2n) is 6.36. The molecule has 0 radical (unpaired) electrons. The number of carbonyl (C=O) groups excluding carboxylic acids is 3. The normalized spacial score (nSPS) is 11.4. The van der Waals surface area contributed by atoms with Gasteiger partial charge in [-0.1, -0.05) is 42.0 Å². The van der Waals surface area contributed by atoms with Gasteiger partial charge in [0.1, 0.15) is 0 Å². The van der Waals surface area contributed by atoms with Gasteiger partial charge < -0.3 is 15.4 Å². The number of hydrogen-bond donors (Lipinski definition) is 2. The summed E-state index contributed by atoms with van der Waals surface area (Å²) < 4.78 is 5.22. The van der Waals surface area contributed by atoms with Gasteiger partial charge in [0.25, 0.3) is 5.91 Å². The fraction of sp³-hybridized carbons (Fsp3) is 0.286. The molecule has 6 nitrogen and oxygen atoms in total. The standard InChI is InChI=1S/C21H24N2O4/c1-14-4-6-17(7-5-14)13-23-20(25)15(2)27-21(26)19-10-8-18(9-11-19)12-22-16(3)24/h4-11,15H,12-13H2,1-3H3,(H,22,24)(H,23,25).